The van der Waals surface area contributed by atoms with Gasteiger partial charge in [-0.25, -0.2) is 0 Å². The average molecular weight is 427 g/mol. The molecule has 3 rings (SSSR count). The first-order valence-corrected chi connectivity index (χ1v) is 14.1. The number of ketones is 1. The Hall–Kier alpha value is -0.850. The fourth-order valence-corrected chi connectivity index (χ4v) is 6.96. The van der Waals surface area contributed by atoms with E-state index in [-0.39, 0.29) is 10.8 Å². The number of hydrogen-bond acceptors (Lipinski definition) is 1. The molecule has 1 spiro atoms. The zero-order valence-corrected chi connectivity index (χ0v) is 20.9. The van der Waals surface area contributed by atoms with Crippen molar-refractivity contribution in [2.75, 3.05) is 0 Å². The van der Waals surface area contributed by atoms with Gasteiger partial charge in [0.1, 0.15) is 5.78 Å². The monoisotopic (exact) mass is 426 g/mol. The number of hydrogen-bond donors (Lipinski definition) is 0. The molecule has 1 fully saturated rings. The molecular formula is C30H50O. The maximum Gasteiger partial charge on any atom is 0.140 e. The van der Waals surface area contributed by atoms with E-state index in [1.54, 1.807) is 11.1 Å². The third-order valence-electron chi connectivity index (χ3n) is 8.69. The molecular weight excluding hydrogens is 376 g/mol. The Kier molecular flexibility index (Phi) is 9.92. The highest BCUT2D eigenvalue weighted by Gasteiger charge is 2.58. The van der Waals surface area contributed by atoms with E-state index in [4.69, 9.17) is 0 Å². The van der Waals surface area contributed by atoms with E-state index in [9.17, 15) is 4.79 Å². The second-order valence-corrected chi connectivity index (χ2v) is 11.2. The minimum absolute atomic E-state index is 0.0102. The maximum absolute atomic E-state index is 13.3. The highest BCUT2D eigenvalue weighted by atomic mass is 16.1. The van der Waals surface area contributed by atoms with Crippen molar-refractivity contribution in [3.63, 3.8) is 0 Å². The molecule has 0 aromatic carbocycles. The van der Waals surface area contributed by atoms with Crippen molar-refractivity contribution in [3.05, 3.63) is 23.3 Å². The Morgan fingerprint density at radius 2 is 1.39 bits per heavy atom. The quantitative estimate of drug-likeness (QED) is 0.224. The summed E-state index contributed by atoms with van der Waals surface area (Å²) >= 11 is 0. The van der Waals surface area contributed by atoms with Crippen LogP contribution < -0.4 is 0 Å². The van der Waals surface area contributed by atoms with Crippen LogP contribution in [0.2, 0.25) is 0 Å². The molecule has 0 aromatic heterocycles. The molecule has 1 saturated carbocycles. The van der Waals surface area contributed by atoms with Crippen molar-refractivity contribution in [1.29, 1.82) is 0 Å². The largest absolute Gasteiger partial charge is 0.299 e. The second kappa shape index (κ2) is 12.4. The standard InChI is InChI=1S/C30H50O/c1-3-5-7-9-10-11-12-13-14-15-19-26-23-30(22-17-8-6-4-2)25-29(24-28(30)31)21-18-16-20-27(26)29/h16,20H,3-15,17-19,21-25H2,1-2H3/t29-,30-/m1/s1. The van der Waals surface area contributed by atoms with Crippen LogP contribution in [0.25, 0.3) is 0 Å². The number of carbonyl (C=O) groups is 1. The van der Waals surface area contributed by atoms with Gasteiger partial charge in [0.25, 0.3) is 0 Å². The van der Waals surface area contributed by atoms with Crippen LogP contribution in [0.3, 0.4) is 0 Å². The summed E-state index contributed by atoms with van der Waals surface area (Å²) in [5.74, 6) is 0.620. The molecule has 0 N–H and O–H groups in total. The van der Waals surface area contributed by atoms with Gasteiger partial charge in [0.05, 0.1) is 0 Å². The summed E-state index contributed by atoms with van der Waals surface area (Å²) in [7, 11) is 0. The highest BCUT2D eigenvalue weighted by molar-refractivity contribution is 5.90. The smallest absolute Gasteiger partial charge is 0.140 e. The first-order chi connectivity index (χ1) is 15.2. The van der Waals surface area contributed by atoms with Crippen molar-refractivity contribution in [1.82, 2.24) is 0 Å². The fourth-order valence-electron chi connectivity index (χ4n) is 6.96. The summed E-state index contributed by atoms with van der Waals surface area (Å²) in [6.07, 6.45) is 31.9. The zero-order valence-electron chi connectivity index (χ0n) is 20.9. The molecule has 2 atom stereocenters. The molecule has 2 bridgehead atoms. The van der Waals surface area contributed by atoms with Crippen LogP contribution in [0, 0.1) is 10.8 Å². The number of Topliss-reactive ketones (excluding diaryl/α,β-unsaturated/α-hetero) is 1. The van der Waals surface area contributed by atoms with Crippen LogP contribution >= 0.6 is 0 Å². The van der Waals surface area contributed by atoms with Crippen molar-refractivity contribution in [3.8, 4) is 0 Å². The number of fused-ring (bicyclic) bond motifs is 1. The molecule has 0 unspecified atom stereocenters. The lowest BCUT2D eigenvalue weighted by Crippen LogP contribution is -2.33. The number of rotatable bonds is 16. The van der Waals surface area contributed by atoms with Gasteiger partial charge >= 0.3 is 0 Å². The maximum atomic E-state index is 13.3. The lowest BCUT2D eigenvalue weighted by molar-refractivity contribution is -0.126. The van der Waals surface area contributed by atoms with E-state index >= 15 is 0 Å². The van der Waals surface area contributed by atoms with Crippen molar-refractivity contribution in [2.45, 2.75) is 149 Å². The molecule has 31 heavy (non-hydrogen) atoms. The molecule has 176 valence electrons. The predicted octanol–water partition coefficient (Wildman–Crippen LogP) is 9.65. The Bertz CT molecular complexity index is 626. The lowest BCUT2D eigenvalue weighted by Gasteiger charge is -2.43. The zero-order chi connectivity index (χ0) is 22.0. The van der Waals surface area contributed by atoms with Gasteiger partial charge in [-0.2, -0.15) is 0 Å². The first kappa shape index (κ1) is 24.8. The molecule has 1 heteroatoms. The van der Waals surface area contributed by atoms with Crippen LogP contribution in [0.5, 0.6) is 0 Å². The van der Waals surface area contributed by atoms with Gasteiger partial charge in [0, 0.05) is 17.3 Å². The Labute approximate surface area is 193 Å². The topological polar surface area (TPSA) is 17.1 Å². The third kappa shape index (κ3) is 6.35. The fraction of sp³-hybridized carbons (Fsp3) is 0.833. The minimum atomic E-state index is 0.0102. The van der Waals surface area contributed by atoms with E-state index in [0.29, 0.717) is 5.78 Å². The van der Waals surface area contributed by atoms with Gasteiger partial charge in [0.2, 0.25) is 0 Å². The van der Waals surface area contributed by atoms with Gasteiger partial charge in [-0.05, 0) is 50.5 Å². The van der Waals surface area contributed by atoms with Crippen LogP contribution in [0.1, 0.15) is 149 Å². The molecule has 0 radical (unpaired) electrons. The summed E-state index contributed by atoms with van der Waals surface area (Å²) in [6.45, 7) is 4.58. The summed E-state index contributed by atoms with van der Waals surface area (Å²) < 4.78 is 0. The Balaban J connectivity index is 1.50. The number of allylic oxidation sites excluding steroid dienone is 4. The summed E-state index contributed by atoms with van der Waals surface area (Å²) in [6, 6.07) is 0. The van der Waals surface area contributed by atoms with Crippen LogP contribution in [0.15, 0.2) is 23.3 Å². The van der Waals surface area contributed by atoms with Gasteiger partial charge in [-0.15, -0.1) is 0 Å². The lowest BCUT2D eigenvalue weighted by atomic mass is 9.61. The number of unbranched alkanes of at least 4 members (excludes halogenated alkanes) is 12. The first-order valence-electron chi connectivity index (χ1n) is 14.1. The molecule has 0 saturated heterocycles. The molecule has 1 nitrogen and oxygen atoms in total. The summed E-state index contributed by atoms with van der Waals surface area (Å²) in [4.78, 5) is 13.3. The van der Waals surface area contributed by atoms with Gasteiger partial charge in [-0.3, -0.25) is 4.79 Å². The Morgan fingerprint density at radius 1 is 0.774 bits per heavy atom. The Morgan fingerprint density at radius 3 is 2.06 bits per heavy atom. The summed E-state index contributed by atoms with van der Waals surface area (Å²) in [5, 5.41) is 0. The molecule has 3 aliphatic rings. The average Bonchev–Trinajstić information content (AvgIpc) is 2.98. The SMILES string of the molecule is CCCCCCCCCCCCC1=C2C=CCC[C@]23CC(=O)[C@](CCCCCC)(C1)C3. The van der Waals surface area contributed by atoms with E-state index in [0.717, 1.165) is 19.3 Å². The van der Waals surface area contributed by atoms with Gasteiger partial charge in [0.15, 0.2) is 0 Å². The molecule has 3 aliphatic carbocycles. The van der Waals surface area contributed by atoms with E-state index in [1.807, 2.05) is 0 Å². The third-order valence-corrected chi connectivity index (χ3v) is 8.69. The molecule has 0 aliphatic heterocycles. The van der Waals surface area contributed by atoms with Crippen molar-refractivity contribution in [2.24, 2.45) is 10.8 Å². The van der Waals surface area contributed by atoms with Crippen LogP contribution in [-0.4, -0.2) is 5.78 Å². The van der Waals surface area contributed by atoms with E-state index < -0.39 is 0 Å². The second-order valence-electron chi connectivity index (χ2n) is 11.2. The summed E-state index contributed by atoms with van der Waals surface area (Å²) in [5.41, 5.74) is 3.53. The minimum Gasteiger partial charge on any atom is -0.299 e. The molecule has 0 amide bonds. The predicted molar refractivity (Wildman–Crippen MR) is 134 cm³/mol. The van der Waals surface area contributed by atoms with Gasteiger partial charge < -0.3 is 0 Å². The van der Waals surface area contributed by atoms with Crippen LogP contribution in [-0.2, 0) is 4.79 Å². The molecule has 0 aromatic rings. The normalized spacial score (nSPS) is 27.2. The highest BCUT2D eigenvalue weighted by Crippen LogP contribution is 2.64. The van der Waals surface area contributed by atoms with Crippen LogP contribution in [0.4, 0.5) is 0 Å². The van der Waals surface area contributed by atoms with Crippen molar-refractivity contribution < 1.29 is 4.79 Å². The van der Waals surface area contributed by atoms with Crippen molar-refractivity contribution >= 4 is 5.78 Å². The van der Waals surface area contributed by atoms with E-state index in [2.05, 4.69) is 26.0 Å². The molecule has 0 heterocycles. The van der Waals surface area contributed by atoms with Gasteiger partial charge in [-0.1, -0.05) is 115 Å². The van der Waals surface area contributed by atoms with E-state index in [1.165, 1.54) is 116 Å². The number of carbonyl (C=O) groups excluding carboxylic acids is 1.